The zero-order valence-corrected chi connectivity index (χ0v) is 9.64. The van der Waals surface area contributed by atoms with Gasteiger partial charge < -0.3 is 0 Å². The van der Waals surface area contributed by atoms with Gasteiger partial charge in [-0.15, -0.1) is 0 Å². The number of Topliss-reactive ketones (excluding diaryl/α,β-unsaturated/α-hetero) is 1. The highest BCUT2D eigenvalue weighted by molar-refractivity contribution is 5.84. The van der Waals surface area contributed by atoms with Crippen molar-refractivity contribution in [3.8, 4) is 0 Å². The quantitative estimate of drug-likeness (QED) is 0.408. The van der Waals surface area contributed by atoms with Crippen molar-refractivity contribution >= 4 is 5.78 Å². The van der Waals surface area contributed by atoms with Crippen molar-refractivity contribution in [3.63, 3.8) is 0 Å². The molecule has 2 saturated carbocycles. The molecule has 0 aliphatic heterocycles. The molecule has 0 aromatic heterocycles. The van der Waals surface area contributed by atoms with Crippen molar-refractivity contribution in [1.82, 2.24) is 0 Å². The van der Waals surface area contributed by atoms with Crippen molar-refractivity contribution in [3.05, 3.63) is 10.4 Å². The van der Waals surface area contributed by atoms with E-state index in [1.807, 2.05) is 0 Å². The molecule has 2 rings (SSSR count). The molecule has 0 unspecified atom stereocenters. The molecule has 0 bridgehead atoms. The van der Waals surface area contributed by atoms with Crippen LogP contribution >= 0.6 is 0 Å². The Morgan fingerprint density at radius 1 is 1.25 bits per heavy atom. The zero-order chi connectivity index (χ0) is 11.4. The number of rotatable bonds is 3. The fourth-order valence-corrected chi connectivity index (χ4v) is 3.33. The zero-order valence-electron chi connectivity index (χ0n) is 9.64. The summed E-state index contributed by atoms with van der Waals surface area (Å²) in [6.07, 6.45) is 7.85. The third-order valence-corrected chi connectivity index (χ3v) is 4.20. The summed E-state index contributed by atoms with van der Waals surface area (Å²) in [6.45, 7) is 0.476. The van der Waals surface area contributed by atoms with E-state index in [4.69, 9.17) is 5.53 Å². The Kier molecular flexibility index (Phi) is 3.83. The molecule has 0 heterocycles. The van der Waals surface area contributed by atoms with E-state index in [1.165, 1.54) is 25.7 Å². The Morgan fingerprint density at radius 2 is 2.06 bits per heavy atom. The topological polar surface area (TPSA) is 65.8 Å². The Bertz CT molecular complexity index is 309. The van der Waals surface area contributed by atoms with Gasteiger partial charge in [0, 0.05) is 23.3 Å². The molecular formula is C12H19N3O. The average molecular weight is 221 g/mol. The summed E-state index contributed by atoms with van der Waals surface area (Å²) >= 11 is 0. The van der Waals surface area contributed by atoms with Crippen LogP contribution < -0.4 is 0 Å². The number of fused-ring (bicyclic) bond motifs is 1. The SMILES string of the molecule is [N-]=[N+]=NCC[C@H]1CC[C@H]2CCCC[C@@H]2C1=O. The van der Waals surface area contributed by atoms with Crippen molar-refractivity contribution in [2.45, 2.75) is 44.9 Å². The Morgan fingerprint density at radius 3 is 2.88 bits per heavy atom. The molecule has 0 spiro atoms. The first kappa shape index (κ1) is 11.5. The number of nitrogens with zero attached hydrogens (tertiary/aromatic N) is 3. The summed E-state index contributed by atoms with van der Waals surface area (Å²) in [5.41, 5.74) is 8.22. The number of azide groups is 1. The van der Waals surface area contributed by atoms with Crippen molar-refractivity contribution in [2.24, 2.45) is 22.9 Å². The summed E-state index contributed by atoms with van der Waals surface area (Å²) in [6, 6.07) is 0. The third-order valence-electron chi connectivity index (χ3n) is 4.20. The molecule has 0 saturated heterocycles. The molecule has 4 nitrogen and oxygen atoms in total. The van der Waals surface area contributed by atoms with E-state index < -0.39 is 0 Å². The predicted molar refractivity (Wildman–Crippen MR) is 61.8 cm³/mol. The Labute approximate surface area is 96.0 Å². The first-order valence-electron chi connectivity index (χ1n) is 6.37. The highest BCUT2D eigenvalue weighted by Gasteiger charge is 2.38. The van der Waals surface area contributed by atoms with E-state index in [9.17, 15) is 4.79 Å². The summed E-state index contributed by atoms with van der Waals surface area (Å²) in [5, 5.41) is 3.53. The van der Waals surface area contributed by atoms with Gasteiger partial charge in [0.05, 0.1) is 0 Å². The lowest BCUT2D eigenvalue weighted by atomic mass is 9.66. The number of hydrogen-bond acceptors (Lipinski definition) is 2. The van der Waals surface area contributed by atoms with Crippen LogP contribution in [0.4, 0.5) is 0 Å². The second-order valence-electron chi connectivity index (χ2n) is 5.07. The first-order valence-corrected chi connectivity index (χ1v) is 6.37. The van der Waals surface area contributed by atoms with Crippen LogP contribution in [0.5, 0.6) is 0 Å². The van der Waals surface area contributed by atoms with E-state index >= 15 is 0 Å². The van der Waals surface area contributed by atoms with E-state index in [0.29, 0.717) is 24.2 Å². The van der Waals surface area contributed by atoms with Crippen LogP contribution in [0, 0.1) is 17.8 Å². The van der Waals surface area contributed by atoms with E-state index in [2.05, 4.69) is 10.0 Å². The smallest absolute Gasteiger partial charge is 0.139 e. The van der Waals surface area contributed by atoms with Crippen LogP contribution in [0.1, 0.15) is 44.9 Å². The third kappa shape index (κ3) is 2.38. The van der Waals surface area contributed by atoms with Crippen LogP contribution in [-0.4, -0.2) is 12.3 Å². The molecule has 0 N–H and O–H groups in total. The van der Waals surface area contributed by atoms with Crippen LogP contribution in [0.15, 0.2) is 5.11 Å². The van der Waals surface area contributed by atoms with Crippen molar-refractivity contribution in [2.75, 3.05) is 6.54 Å². The lowest BCUT2D eigenvalue weighted by molar-refractivity contribution is -0.133. The molecule has 0 amide bonds. The second kappa shape index (κ2) is 5.35. The van der Waals surface area contributed by atoms with Gasteiger partial charge in [0.15, 0.2) is 0 Å². The Balaban J connectivity index is 1.92. The number of carbonyl (C=O) groups is 1. The maximum absolute atomic E-state index is 12.2. The highest BCUT2D eigenvalue weighted by atomic mass is 16.1. The number of ketones is 1. The molecule has 3 atom stereocenters. The van der Waals surface area contributed by atoms with Crippen LogP contribution in [-0.2, 0) is 4.79 Å². The van der Waals surface area contributed by atoms with Gasteiger partial charge in [0.2, 0.25) is 0 Å². The molecular weight excluding hydrogens is 202 g/mol. The van der Waals surface area contributed by atoms with Gasteiger partial charge in [0.1, 0.15) is 5.78 Å². The largest absolute Gasteiger partial charge is 0.299 e. The highest BCUT2D eigenvalue weighted by Crippen LogP contribution is 2.41. The monoisotopic (exact) mass is 221 g/mol. The maximum Gasteiger partial charge on any atom is 0.139 e. The number of carbonyl (C=O) groups excluding carboxylic acids is 1. The minimum Gasteiger partial charge on any atom is -0.299 e. The molecule has 88 valence electrons. The summed E-state index contributed by atoms with van der Waals surface area (Å²) in [5.74, 6) is 1.63. The van der Waals surface area contributed by atoms with Gasteiger partial charge in [-0.05, 0) is 43.6 Å². The van der Waals surface area contributed by atoms with Gasteiger partial charge >= 0.3 is 0 Å². The fraction of sp³-hybridized carbons (Fsp3) is 0.917. The standard InChI is InChI=1S/C12H19N3O/c13-15-14-8-7-10-6-5-9-3-1-2-4-11(9)12(10)16/h9-11H,1-8H2/t9-,10-,11+/m1/s1. The molecule has 0 radical (unpaired) electrons. The first-order chi connectivity index (χ1) is 7.83. The summed E-state index contributed by atoms with van der Waals surface area (Å²) < 4.78 is 0. The molecule has 2 aliphatic rings. The minimum atomic E-state index is 0.171. The second-order valence-corrected chi connectivity index (χ2v) is 5.07. The molecule has 16 heavy (non-hydrogen) atoms. The lowest BCUT2D eigenvalue weighted by Gasteiger charge is -2.37. The molecule has 0 aromatic rings. The summed E-state index contributed by atoms with van der Waals surface area (Å²) in [7, 11) is 0. The molecule has 2 fully saturated rings. The van der Waals surface area contributed by atoms with Gasteiger partial charge in [0.25, 0.3) is 0 Å². The average Bonchev–Trinajstić information content (AvgIpc) is 2.33. The van der Waals surface area contributed by atoms with Crippen LogP contribution in [0.25, 0.3) is 10.4 Å². The molecule has 2 aliphatic carbocycles. The van der Waals surface area contributed by atoms with Crippen molar-refractivity contribution < 1.29 is 4.79 Å². The molecule has 4 heteroatoms. The van der Waals surface area contributed by atoms with Gasteiger partial charge in [-0.3, -0.25) is 4.79 Å². The van der Waals surface area contributed by atoms with Crippen LogP contribution in [0.2, 0.25) is 0 Å². The fourth-order valence-electron chi connectivity index (χ4n) is 3.33. The van der Waals surface area contributed by atoms with Gasteiger partial charge in [-0.25, -0.2) is 0 Å². The van der Waals surface area contributed by atoms with E-state index in [-0.39, 0.29) is 5.92 Å². The number of hydrogen-bond donors (Lipinski definition) is 0. The predicted octanol–water partition coefficient (Wildman–Crippen LogP) is 3.47. The summed E-state index contributed by atoms with van der Waals surface area (Å²) in [4.78, 5) is 15.0. The van der Waals surface area contributed by atoms with Gasteiger partial charge in [-0.1, -0.05) is 18.0 Å². The normalized spacial score (nSPS) is 34.0. The lowest BCUT2D eigenvalue weighted by Crippen LogP contribution is -2.37. The maximum atomic E-state index is 12.2. The Hall–Kier alpha value is -1.02. The minimum absolute atomic E-state index is 0.171. The van der Waals surface area contributed by atoms with Crippen molar-refractivity contribution in [1.29, 1.82) is 0 Å². The van der Waals surface area contributed by atoms with Gasteiger partial charge in [-0.2, -0.15) is 0 Å². The van der Waals surface area contributed by atoms with Crippen LogP contribution in [0.3, 0.4) is 0 Å². The van der Waals surface area contributed by atoms with E-state index in [1.54, 1.807) is 0 Å². The molecule has 0 aromatic carbocycles. The van der Waals surface area contributed by atoms with E-state index in [0.717, 1.165) is 19.3 Å².